The Balaban J connectivity index is 2.52. The van der Waals surface area contributed by atoms with Crippen LogP contribution < -0.4 is 16.2 Å². The van der Waals surface area contributed by atoms with Gasteiger partial charge in [0.25, 0.3) is 0 Å². The molecule has 0 spiro atoms. The minimum atomic E-state index is -3.53. The Bertz CT molecular complexity index is 386. The molecule has 1 fully saturated rings. The van der Waals surface area contributed by atoms with Crippen LogP contribution in [-0.2, 0) is 14.8 Å². The molecule has 0 aromatic rings. The Morgan fingerprint density at radius 3 is 2.39 bits per heavy atom. The second-order valence-corrected chi connectivity index (χ2v) is 7.02. The molecule has 1 aliphatic rings. The number of hydrogen-bond acceptors (Lipinski definition) is 4. The fourth-order valence-corrected chi connectivity index (χ4v) is 2.72. The second kappa shape index (κ2) is 5.99. The molecular weight excluding hydrogens is 254 g/mol. The van der Waals surface area contributed by atoms with Gasteiger partial charge in [0.1, 0.15) is 0 Å². The van der Waals surface area contributed by atoms with E-state index in [1.54, 1.807) is 0 Å². The SMILES string of the molecule is CC1CCC(CN)(C(=O)NCCS(N)(=O)=O)CC1. The first-order valence-electron chi connectivity index (χ1n) is 6.28. The van der Waals surface area contributed by atoms with E-state index in [1.807, 2.05) is 0 Å². The summed E-state index contributed by atoms with van der Waals surface area (Å²) in [7, 11) is -3.53. The number of amides is 1. The van der Waals surface area contributed by atoms with Crippen LogP contribution in [0.4, 0.5) is 0 Å². The molecule has 1 saturated carbocycles. The average Bonchev–Trinajstić information content (AvgIpc) is 2.28. The van der Waals surface area contributed by atoms with Gasteiger partial charge in [-0.25, -0.2) is 13.6 Å². The summed E-state index contributed by atoms with van der Waals surface area (Å²) in [6.45, 7) is 2.52. The van der Waals surface area contributed by atoms with Crippen LogP contribution in [0.2, 0.25) is 0 Å². The van der Waals surface area contributed by atoms with Crippen LogP contribution >= 0.6 is 0 Å². The van der Waals surface area contributed by atoms with E-state index in [1.165, 1.54) is 0 Å². The monoisotopic (exact) mass is 277 g/mol. The van der Waals surface area contributed by atoms with Crippen molar-refractivity contribution in [1.29, 1.82) is 0 Å². The normalized spacial score (nSPS) is 28.9. The minimum Gasteiger partial charge on any atom is -0.355 e. The molecule has 18 heavy (non-hydrogen) atoms. The zero-order chi connectivity index (χ0) is 13.8. The average molecular weight is 277 g/mol. The molecule has 1 rings (SSSR count). The number of primary sulfonamides is 1. The Labute approximate surface area is 109 Å². The summed E-state index contributed by atoms with van der Waals surface area (Å²) in [5, 5.41) is 7.52. The summed E-state index contributed by atoms with van der Waals surface area (Å²) in [5.41, 5.74) is 5.22. The van der Waals surface area contributed by atoms with Crippen LogP contribution in [-0.4, -0.2) is 33.2 Å². The zero-order valence-electron chi connectivity index (χ0n) is 10.8. The van der Waals surface area contributed by atoms with Crippen LogP contribution in [0.25, 0.3) is 0 Å². The Kier molecular flexibility index (Phi) is 5.12. The summed E-state index contributed by atoms with van der Waals surface area (Å²) in [5.74, 6) is 0.248. The third-order valence-corrected chi connectivity index (χ3v) is 4.55. The van der Waals surface area contributed by atoms with E-state index in [9.17, 15) is 13.2 Å². The highest BCUT2D eigenvalue weighted by Crippen LogP contribution is 2.38. The first-order chi connectivity index (χ1) is 8.29. The summed E-state index contributed by atoms with van der Waals surface area (Å²) in [4.78, 5) is 12.1. The number of sulfonamides is 1. The van der Waals surface area contributed by atoms with E-state index in [2.05, 4.69) is 12.2 Å². The topological polar surface area (TPSA) is 115 Å². The summed E-state index contributed by atoms with van der Waals surface area (Å²) in [6.07, 6.45) is 3.51. The Morgan fingerprint density at radius 1 is 1.39 bits per heavy atom. The van der Waals surface area contributed by atoms with Gasteiger partial charge in [-0.15, -0.1) is 0 Å². The Hall–Kier alpha value is -0.660. The van der Waals surface area contributed by atoms with E-state index in [-0.39, 0.29) is 18.2 Å². The third kappa shape index (κ3) is 4.22. The van der Waals surface area contributed by atoms with Crippen molar-refractivity contribution < 1.29 is 13.2 Å². The van der Waals surface area contributed by atoms with E-state index >= 15 is 0 Å². The van der Waals surface area contributed by atoms with Crippen molar-refractivity contribution in [2.75, 3.05) is 18.8 Å². The van der Waals surface area contributed by atoms with Crippen molar-refractivity contribution in [1.82, 2.24) is 5.32 Å². The molecule has 1 aliphatic carbocycles. The lowest BCUT2D eigenvalue weighted by Crippen LogP contribution is -2.49. The third-order valence-electron chi connectivity index (χ3n) is 3.78. The maximum Gasteiger partial charge on any atom is 0.227 e. The molecule has 0 saturated heterocycles. The predicted molar refractivity (Wildman–Crippen MR) is 70.1 cm³/mol. The largest absolute Gasteiger partial charge is 0.355 e. The maximum absolute atomic E-state index is 12.1. The molecule has 106 valence electrons. The Morgan fingerprint density at radius 2 is 1.94 bits per heavy atom. The molecule has 0 bridgehead atoms. The van der Waals surface area contributed by atoms with Gasteiger partial charge in [0.2, 0.25) is 15.9 Å². The fraction of sp³-hybridized carbons (Fsp3) is 0.909. The highest BCUT2D eigenvalue weighted by Gasteiger charge is 2.39. The van der Waals surface area contributed by atoms with Crippen LogP contribution in [0, 0.1) is 11.3 Å². The van der Waals surface area contributed by atoms with Gasteiger partial charge in [-0.05, 0) is 31.6 Å². The van der Waals surface area contributed by atoms with Crippen molar-refractivity contribution >= 4 is 15.9 Å². The number of hydrogen-bond donors (Lipinski definition) is 3. The van der Waals surface area contributed by atoms with Gasteiger partial charge in [-0.3, -0.25) is 4.79 Å². The van der Waals surface area contributed by atoms with Gasteiger partial charge < -0.3 is 11.1 Å². The van der Waals surface area contributed by atoms with Crippen molar-refractivity contribution in [3.63, 3.8) is 0 Å². The molecular formula is C11H23N3O3S. The molecule has 0 radical (unpaired) electrons. The predicted octanol–water partition coefficient (Wildman–Crippen LogP) is -0.454. The van der Waals surface area contributed by atoms with Gasteiger partial charge in [0, 0.05) is 13.1 Å². The molecule has 0 heterocycles. The molecule has 6 nitrogen and oxygen atoms in total. The number of nitrogens with one attached hydrogen (secondary N) is 1. The lowest BCUT2D eigenvalue weighted by molar-refractivity contribution is -0.132. The maximum atomic E-state index is 12.1. The van der Waals surface area contributed by atoms with Crippen LogP contribution in [0.3, 0.4) is 0 Å². The second-order valence-electron chi connectivity index (χ2n) is 5.29. The summed E-state index contributed by atoms with van der Waals surface area (Å²) < 4.78 is 21.6. The molecule has 0 aromatic heterocycles. The molecule has 5 N–H and O–H groups in total. The standard InChI is InChI=1S/C11H23N3O3S/c1-9-2-4-11(8-12,5-3-9)10(15)14-6-7-18(13,16)17/h9H,2-8,12H2,1H3,(H,14,15)(H2,13,16,17). The summed E-state index contributed by atoms with van der Waals surface area (Å²) in [6, 6.07) is 0. The molecule has 0 atom stereocenters. The lowest BCUT2D eigenvalue weighted by Gasteiger charge is -2.37. The van der Waals surface area contributed by atoms with Crippen molar-refractivity contribution in [3.8, 4) is 0 Å². The fourth-order valence-electron chi connectivity index (χ4n) is 2.33. The highest BCUT2D eigenvalue weighted by atomic mass is 32.2. The quantitative estimate of drug-likeness (QED) is 0.631. The molecule has 7 heteroatoms. The van der Waals surface area contributed by atoms with Crippen molar-refractivity contribution in [2.45, 2.75) is 32.6 Å². The lowest BCUT2D eigenvalue weighted by atomic mass is 9.70. The van der Waals surface area contributed by atoms with Crippen LogP contribution in [0.15, 0.2) is 0 Å². The molecule has 1 amide bonds. The number of carbonyl (C=O) groups excluding carboxylic acids is 1. The van der Waals surface area contributed by atoms with Gasteiger partial charge in [-0.1, -0.05) is 6.92 Å². The summed E-state index contributed by atoms with van der Waals surface area (Å²) >= 11 is 0. The first kappa shape index (κ1) is 15.4. The zero-order valence-corrected chi connectivity index (χ0v) is 11.6. The van der Waals surface area contributed by atoms with Crippen LogP contribution in [0.1, 0.15) is 32.6 Å². The number of rotatable bonds is 5. The molecule has 0 aromatic carbocycles. The highest BCUT2D eigenvalue weighted by molar-refractivity contribution is 7.89. The van der Waals surface area contributed by atoms with E-state index in [4.69, 9.17) is 10.9 Å². The van der Waals surface area contributed by atoms with Crippen molar-refractivity contribution in [2.24, 2.45) is 22.2 Å². The molecule has 0 aliphatic heterocycles. The van der Waals surface area contributed by atoms with Gasteiger partial charge in [0.15, 0.2) is 0 Å². The van der Waals surface area contributed by atoms with E-state index < -0.39 is 15.4 Å². The first-order valence-corrected chi connectivity index (χ1v) is 7.99. The van der Waals surface area contributed by atoms with Gasteiger partial charge in [0.05, 0.1) is 11.2 Å². The van der Waals surface area contributed by atoms with E-state index in [0.717, 1.165) is 25.7 Å². The molecule has 0 unspecified atom stereocenters. The van der Waals surface area contributed by atoms with Gasteiger partial charge >= 0.3 is 0 Å². The van der Waals surface area contributed by atoms with E-state index in [0.29, 0.717) is 12.5 Å². The smallest absolute Gasteiger partial charge is 0.227 e. The van der Waals surface area contributed by atoms with Crippen LogP contribution in [0.5, 0.6) is 0 Å². The van der Waals surface area contributed by atoms with Crippen molar-refractivity contribution in [3.05, 3.63) is 0 Å². The van der Waals surface area contributed by atoms with Gasteiger partial charge in [-0.2, -0.15) is 0 Å². The minimum absolute atomic E-state index is 0.0506. The number of carbonyl (C=O) groups is 1. The number of nitrogens with two attached hydrogens (primary N) is 2.